The second-order valence-electron chi connectivity index (χ2n) is 6.20. The fourth-order valence-electron chi connectivity index (χ4n) is 2.77. The molecule has 0 unspecified atom stereocenters. The molecule has 0 aliphatic heterocycles. The summed E-state index contributed by atoms with van der Waals surface area (Å²) in [6.45, 7) is 7.13. The summed E-state index contributed by atoms with van der Waals surface area (Å²) in [6, 6.07) is 10.3. The lowest BCUT2D eigenvalue weighted by Gasteiger charge is -2.12. The molecule has 0 saturated heterocycles. The monoisotopic (exact) mass is 382 g/mol. The first kappa shape index (κ1) is 19.1. The maximum Gasteiger partial charge on any atom is 0.191 e. The molecule has 1 aromatic carbocycles. The maximum absolute atomic E-state index is 4.76. The van der Waals surface area contributed by atoms with E-state index in [0.717, 1.165) is 42.7 Å². The highest BCUT2D eigenvalue weighted by atomic mass is 32.1. The third-order valence-electron chi connectivity index (χ3n) is 4.10. The quantitative estimate of drug-likeness (QED) is 0.464. The highest BCUT2D eigenvalue weighted by molar-refractivity contribution is 7.09. The molecule has 2 aromatic heterocycles. The average Bonchev–Trinajstić information content (AvgIpc) is 3.32. The third kappa shape index (κ3) is 5.92. The zero-order valence-corrected chi connectivity index (χ0v) is 16.7. The molecule has 0 radical (unpaired) electrons. The maximum atomic E-state index is 4.76. The largest absolute Gasteiger partial charge is 0.357 e. The molecule has 0 aliphatic rings. The van der Waals surface area contributed by atoms with Gasteiger partial charge in [0.25, 0.3) is 0 Å². The number of benzene rings is 1. The van der Waals surface area contributed by atoms with Crippen molar-refractivity contribution < 1.29 is 0 Å². The van der Waals surface area contributed by atoms with E-state index in [-0.39, 0.29) is 0 Å². The molecule has 3 rings (SSSR count). The molecule has 0 spiro atoms. The molecule has 0 bridgehead atoms. The van der Waals surface area contributed by atoms with Crippen LogP contribution in [0.15, 0.2) is 53.1 Å². The Morgan fingerprint density at radius 1 is 1.19 bits per heavy atom. The van der Waals surface area contributed by atoms with E-state index in [1.54, 1.807) is 17.5 Å². The van der Waals surface area contributed by atoms with Crippen molar-refractivity contribution >= 4 is 17.3 Å². The van der Waals surface area contributed by atoms with Gasteiger partial charge in [0.05, 0.1) is 23.8 Å². The zero-order valence-electron chi connectivity index (χ0n) is 15.9. The van der Waals surface area contributed by atoms with Gasteiger partial charge in [0.2, 0.25) is 0 Å². The minimum absolute atomic E-state index is 0.628. The molecule has 27 heavy (non-hydrogen) atoms. The van der Waals surface area contributed by atoms with E-state index in [4.69, 9.17) is 4.99 Å². The summed E-state index contributed by atoms with van der Waals surface area (Å²) < 4.78 is 1.93. The molecule has 0 aliphatic carbocycles. The summed E-state index contributed by atoms with van der Waals surface area (Å²) in [4.78, 5) is 9.26. The van der Waals surface area contributed by atoms with Crippen LogP contribution in [0.4, 0.5) is 0 Å². The summed E-state index contributed by atoms with van der Waals surface area (Å²) in [6.07, 6.45) is 4.67. The molecule has 142 valence electrons. The fraction of sp³-hybridized carbons (Fsp3) is 0.350. The highest BCUT2D eigenvalue weighted by Crippen LogP contribution is 2.12. The van der Waals surface area contributed by atoms with Gasteiger partial charge in [-0.05, 0) is 31.0 Å². The van der Waals surface area contributed by atoms with Crippen molar-refractivity contribution in [3.63, 3.8) is 0 Å². The van der Waals surface area contributed by atoms with E-state index in [1.165, 1.54) is 11.1 Å². The van der Waals surface area contributed by atoms with E-state index in [9.17, 15) is 0 Å². The van der Waals surface area contributed by atoms with Gasteiger partial charge < -0.3 is 10.6 Å². The number of hydrogen-bond donors (Lipinski definition) is 2. The first-order chi connectivity index (χ1) is 13.2. The number of guanidine groups is 1. The summed E-state index contributed by atoms with van der Waals surface area (Å²) in [7, 11) is 0. The van der Waals surface area contributed by atoms with Crippen LogP contribution in [-0.2, 0) is 19.5 Å². The third-order valence-corrected chi connectivity index (χ3v) is 4.92. The Morgan fingerprint density at radius 3 is 2.74 bits per heavy atom. The van der Waals surface area contributed by atoms with Crippen molar-refractivity contribution in [2.45, 2.75) is 33.4 Å². The van der Waals surface area contributed by atoms with Gasteiger partial charge in [-0.1, -0.05) is 24.3 Å². The number of aryl methyl sites for hydroxylation is 1. The van der Waals surface area contributed by atoms with E-state index in [1.807, 2.05) is 23.9 Å². The number of hydrogen-bond acceptors (Lipinski definition) is 4. The van der Waals surface area contributed by atoms with Crippen molar-refractivity contribution in [3.8, 4) is 0 Å². The first-order valence-electron chi connectivity index (χ1n) is 9.22. The average molecular weight is 383 g/mol. The Balaban J connectivity index is 1.60. The number of thiazole rings is 1. The molecule has 0 saturated carbocycles. The van der Waals surface area contributed by atoms with E-state index < -0.39 is 0 Å². The molecule has 6 nitrogen and oxygen atoms in total. The van der Waals surface area contributed by atoms with Crippen LogP contribution in [0.3, 0.4) is 0 Å². The normalized spacial score (nSPS) is 11.6. The number of aliphatic imine (C=N–C) groups is 1. The van der Waals surface area contributed by atoms with E-state index in [2.05, 4.69) is 57.3 Å². The number of nitrogens with zero attached hydrogens (tertiary/aromatic N) is 4. The Kier molecular flexibility index (Phi) is 6.98. The summed E-state index contributed by atoms with van der Waals surface area (Å²) in [5.74, 6) is 0.832. The van der Waals surface area contributed by atoms with Gasteiger partial charge in [-0.25, -0.2) is 9.98 Å². The standard InChI is InChI=1S/C20H26N6S/c1-3-21-20(22-11-9-19-15-27-16(2)25-19)23-13-17-7-4-5-8-18(17)14-26-12-6-10-24-26/h4-8,10,12,15H,3,9,11,13-14H2,1-2H3,(H2,21,22,23). The van der Waals surface area contributed by atoms with Crippen LogP contribution in [0.5, 0.6) is 0 Å². The summed E-state index contributed by atoms with van der Waals surface area (Å²) in [5, 5.41) is 14.2. The Labute approximate surface area is 164 Å². The SMILES string of the molecule is CCNC(=NCc1ccccc1Cn1cccn1)NCCc1csc(C)n1. The minimum atomic E-state index is 0.628. The second kappa shape index (κ2) is 9.87. The van der Waals surface area contributed by atoms with Crippen LogP contribution in [0.2, 0.25) is 0 Å². The summed E-state index contributed by atoms with van der Waals surface area (Å²) >= 11 is 1.69. The molecule has 3 aromatic rings. The highest BCUT2D eigenvalue weighted by Gasteiger charge is 2.04. The van der Waals surface area contributed by atoms with Crippen molar-refractivity contribution in [2.75, 3.05) is 13.1 Å². The predicted octanol–water partition coefficient (Wildman–Crippen LogP) is 2.99. The number of nitrogens with one attached hydrogen (secondary N) is 2. The lowest BCUT2D eigenvalue weighted by Crippen LogP contribution is -2.38. The Bertz CT molecular complexity index is 853. The Morgan fingerprint density at radius 2 is 2.04 bits per heavy atom. The van der Waals surface area contributed by atoms with Crippen LogP contribution >= 0.6 is 11.3 Å². The van der Waals surface area contributed by atoms with E-state index >= 15 is 0 Å². The van der Waals surface area contributed by atoms with Gasteiger partial charge in [0.1, 0.15) is 0 Å². The molecule has 2 heterocycles. The van der Waals surface area contributed by atoms with Gasteiger partial charge in [-0.15, -0.1) is 11.3 Å². The van der Waals surface area contributed by atoms with E-state index in [0.29, 0.717) is 6.54 Å². The van der Waals surface area contributed by atoms with Crippen LogP contribution < -0.4 is 10.6 Å². The molecule has 0 fully saturated rings. The minimum Gasteiger partial charge on any atom is -0.357 e. The number of aromatic nitrogens is 3. The molecule has 7 heteroatoms. The van der Waals surface area contributed by atoms with Crippen LogP contribution in [0.25, 0.3) is 0 Å². The topological polar surface area (TPSA) is 67.1 Å². The van der Waals surface area contributed by atoms with Gasteiger partial charge in [-0.2, -0.15) is 5.10 Å². The van der Waals surface area contributed by atoms with Crippen molar-refractivity contribution in [1.82, 2.24) is 25.4 Å². The Hall–Kier alpha value is -2.67. The molecule has 2 N–H and O–H groups in total. The summed E-state index contributed by atoms with van der Waals surface area (Å²) in [5.41, 5.74) is 3.57. The molecular weight excluding hydrogens is 356 g/mol. The first-order valence-corrected chi connectivity index (χ1v) is 10.1. The van der Waals surface area contributed by atoms with Crippen LogP contribution in [0, 0.1) is 6.92 Å². The lowest BCUT2D eigenvalue weighted by molar-refractivity contribution is 0.680. The van der Waals surface area contributed by atoms with Crippen molar-refractivity contribution in [2.24, 2.45) is 4.99 Å². The zero-order chi connectivity index (χ0) is 18.9. The van der Waals surface area contributed by atoms with Crippen LogP contribution in [-0.4, -0.2) is 33.8 Å². The second-order valence-corrected chi connectivity index (χ2v) is 7.26. The smallest absolute Gasteiger partial charge is 0.191 e. The van der Waals surface area contributed by atoms with Crippen LogP contribution in [0.1, 0.15) is 28.8 Å². The molecular formula is C20H26N6S. The molecule has 0 atom stereocenters. The molecule has 0 amide bonds. The lowest BCUT2D eigenvalue weighted by atomic mass is 10.1. The number of rotatable bonds is 8. The van der Waals surface area contributed by atoms with Gasteiger partial charge >= 0.3 is 0 Å². The van der Waals surface area contributed by atoms with Gasteiger partial charge in [-0.3, -0.25) is 4.68 Å². The van der Waals surface area contributed by atoms with Crippen molar-refractivity contribution in [3.05, 3.63) is 69.9 Å². The van der Waals surface area contributed by atoms with Gasteiger partial charge in [0, 0.05) is 37.3 Å². The van der Waals surface area contributed by atoms with Crippen molar-refractivity contribution in [1.29, 1.82) is 0 Å². The predicted molar refractivity (Wildman–Crippen MR) is 111 cm³/mol. The fourth-order valence-corrected chi connectivity index (χ4v) is 3.42. The van der Waals surface area contributed by atoms with Gasteiger partial charge in [0.15, 0.2) is 5.96 Å².